The highest BCUT2D eigenvalue weighted by molar-refractivity contribution is 5.91. The van der Waals surface area contributed by atoms with Gasteiger partial charge in [-0.2, -0.15) is 0 Å². The Morgan fingerprint density at radius 2 is 2.07 bits per heavy atom. The van der Waals surface area contributed by atoms with E-state index in [0.717, 1.165) is 35.2 Å². The van der Waals surface area contributed by atoms with Crippen LogP contribution in [0.2, 0.25) is 0 Å². The molecule has 1 aromatic carbocycles. The van der Waals surface area contributed by atoms with Crippen molar-refractivity contribution in [2.75, 3.05) is 5.32 Å². The van der Waals surface area contributed by atoms with Crippen LogP contribution in [-0.4, -0.2) is 20.9 Å². The molecule has 2 aliphatic rings. The Balaban J connectivity index is 0.00000205. The summed E-state index contributed by atoms with van der Waals surface area (Å²) in [5.41, 5.74) is 5.08. The lowest BCUT2D eigenvalue weighted by Gasteiger charge is -2.23. The number of nitrogens with zero attached hydrogens (tertiary/aromatic N) is 3. The van der Waals surface area contributed by atoms with Crippen molar-refractivity contribution in [2.45, 2.75) is 31.8 Å². The van der Waals surface area contributed by atoms with Gasteiger partial charge in [-0.1, -0.05) is 12.1 Å². The van der Waals surface area contributed by atoms with Crippen molar-refractivity contribution in [3.8, 4) is 11.3 Å². The molecule has 0 spiro atoms. The van der Waals surface area contributed by atoms with E-state index in [1.165, 1.54) is 6.20 Å². The second-order valence-corrected chi connectivity index (χ2v) is 7.32. The van der Waals surface area contributed by atoms with E-state index < -0.39 is 0 Å². The Kier molecular flexibility index (Phi) is 3.86. The maximum atomic E-state index is 14.3. The molecule has 0 saturated carbocycles. The number of nitrogens with one attached hydrogen (secondary N) is 1. The number of rotatable bonds is 2. The summed E-state index contributed by atoms with van der Waals surface area (Å²) >= 11 is 0. The molecule has 2 aliphatic heterocycles. The van der Waals surface area contributed by atoms with Crippen LogP contribution in [0.1, 0.15) is 43.0 Å². The third-order valence-electron chi connectivity index (χ3n) is 5.71. The van der Waals surface area contributed by atoms with Gasteiger partial charge in [0.25, 0.3) is 0 Å². The van der Waals surface area contributed by atoms with Gasteiger partial charge >= 0.3 is 6.03 Å². The second-order valence-electron chi connectivity index (χ2n) is 7.32. The number of fused-ring (bicyclic) bond motifs is 5. The van der Waals surface area contributed by atoms with E-state index in [1.807, 2.05) is 43.3 Å². The number of amides is 2. The van der Waals surface area contributed by atoms with Crippen molar-refractivity contribution in [2.24, 2.45) is 0 Å². The van der Waals surface area contributed by atoms with Crippen molar-refractivity contribution in [3.05, 3.63) is 77.5 Å². The molecule has 2 bridgehead atoms. The first-order valence-corrected chi connectivity index (χ1v) is 9.38. The number of aryl methyl sites for hydroxylation is 1. The quantitative estimate of drug-likeness (QED) is 0.664. The van der Waals surface area contributed by atoms with Gasteiger partial charge in [0.05, 0.1) is 24.0 Å². The minimum atomic E-state index is -0.324. The lowest BCUT2D eigenvalue weighted by Crippen LogP contribution is -2.32. The fraction of sp³-hybridized carbons (Fsp3) is 0.227. The van der Waals surface area contributed by atoms with Gasteiger partial charge in [-0.05, 0) is 49.6 Å². The number of benzene rings is 1. The first kappa shape index (κ1) is 16.9. The van der Waals surface area contributed by atoms with Crippen molar-refractivity contribution < 1.29 is 10.6 Å². The van der Waals surface area contributed by atoms with E-state index in [9.17, 15) is 9.18 Å². The molecule has 1 N–H and O–H groups in total. The molecule has 6 heteroatoms. The molecule has 1 saturated heterocycles. The standard InChI is InChI=1S/C22H19FN4O.H2/c1-13-5-6-14(10-15(13)18-4-2-3-9-25-18)26-22(28)27-19-7-8-20(27)21-16(19)11-24-12-17(21)23;/h2-6,9-12,19-20H,7-8H2,1H3,(H,26,28);1H. The number of carbonyl (C=O) groups excluding carboxylic acids is 1. The minimum absolute atomic E-state index is 0. The predicted molar refractivity (Wildman–Crippen MR) is 106 cm³/mol. The van der Waals surface area contributed by atoms with E-state index in [0.29, 0.717) is 11.3 Å². The number of hydrogen-bond acceptors (Lipinski definition) is 3. The van der Waals surface area contributed by atoms with Crippen molar-refractivity contribution in [1.82, 2.24) is 14.9 Å². The van der Waals surface area contributed by atoms with E-state index in [-0.39, 0.29) is 25.4 Å². The van der Waals surface area contributed by atoms with Crippen LogP contribution in [0.15, 0.2) is 55.0 Å². The first-order valence-electron chi connectivity index (χ1n) is 9.38. The van der Waals surface area contributed by atoms with Crippen LogP contribution < -0.4 is 5.32 Å². The number of anilines is 1. The summed E-state index contributed by atoms with van der Waals surface area (Å²) in [4.78, 5) is 23.2. The molecule has 5 rings (SSSR count). The van der Waals surface area contributed by atoms with Gasteiger partial charge in [0.1, 0.15) is 5.82 Å². The predicted octanol–water partition coefficient (Wildman–Crippen LogP) is 5.26. The molecular weight excluding hydrogens is 355 g/mol. The zero-order valence-corrected chi connectivity index (χ0v) is 15.4. The molecule has 2 atom stereocenters. The maximum absolute atomic E-state index is 14.3. The van der Waals surface area contributed by atoms with E-state index in [2.05, 4.69) is 15.3 Å². The zero-order chi connectivity index (χ0) is 19.3. The first-order chi connectivity index (χ1) is 13.6. The monoisotopic (exact) mass is 376 g/mol. The molecule has 1 fully saturated rings. The molecule has 28 heavy (non-hydrogen) atoms. The summed E-state index contributed by atoms with van der Waals surface area (Å²) in [5, 5.41) is 2.99. The molecule has 142 valence electrons. The van der Waals surface area contributed by atoms with Crippen LogP contribution >= 0.6 is 0 Å². The molecule has 2 aromatic heterocycles. The summed E-state index contributed by atoms with van der Waals surface area (Å²) in [6, 6.07) is 11.0. The number of aromatic nitrogens is 2. The lowest BCUT2D eigenvalue weighted by molar-refractivity contribution is 0.196. The molecule has 0 aliphatic carbocycles. The third kappa shape index (κ3) is 2.56. The lowest BCUT2D eigenvalue weighted by atomic mass is 9.93. The molecule has 2 amide bonds. The van der Waals surface area contributed by atoms with E-state index in [4.69, 9.17) is 0 Å². The molecular formula is C22H21FN4O. The Bertz CT molecular complexity index is 1080. The van der Waals surface area contributed by atoms with Crippen LogP contribution in [0, 0.1) is 12.7 Å². The Hall–Kier alpha value is -3.28. The van der Waals surface area contributed by atoms with Crippen molar-refractivity contribution >= 4 is 11.7 Å². The smallest absolute Gasteiger partial charge is 0.310 e. The normalized spacial score (nSPS) is 19.6. The number of halogens is 1. The number of hydrogen-bond donors (Lipinski definition) is 1. The topological polar surface area (TPSA) is 58.1 Å². The van der Waals surface area contributed by atoms with Gasteiger partial charge in [-0.15, -0.1) is 0 Å². The van der Waals surface area contributed by atoms with Gasteiger partial charge in [0, 0.05) is 36.2 Å². The van der Waals surface area contributed by atoms with Crippen LogP contribution in [0.25, 0.3) is 11.3 Å². The molecule has 4 heterocycles. The summed E-state index contributed by atoms with van der Waals surface area (Å²) in [5.74, 6) is -0.324. The van der Waals surface area contributed by atoms with Gasteiger partial charge in [-0.25, -0.2) is 9.18 Å². The fourth-order valence-corrected chi connectivity index (χ4v) is 4.45. The van der Waals surface area contributed by atoms with Crippen molar-refractivity contribution in [3.63, 3.8) is 0 Å². The Morgan fingerprint density at radius 1 is 1.21 bits per heavy atom. The number of carbonyl (C=O) groups is 1. The summed E-state index contributed by atoms with van der Waals surface area (Å²) < 4.78 is 14.3. The molecule has 0 radical (unpaired) electrons. The van der Waals surface area contributed by atoms with Gasteiger partial charge in [0.15, 0.2) is 0 Å². The van der Waals surface area contributed by atoms with E-state index in [1.54, 1.807) is 17.3 Å². The SMILES string of the molecule is Cc1ccc(NC(=O)N2C3CCC2c2c(F)cncc23)cc1-c1ccccn1.[HH]. The van der Waals surface area contributed by atoms with Gasteiger partial charge < -0.3 is 10.2 Å². The maximum Gasteiger partial charge on any atom is 0.322 e. The summed E-state index contributed by atoms with van der Waals surface area (Å²) in [6.07, 6.45) is 6.28. The van der Waals surface area contributed by atoms with Gasteiger partial charge in [0.2, 0.25) is 0 Å². The molecule has 2 unspecified atom stereocenters. The highest BCUT2D eigenvalue weighted by Crippen LogP contribution is 2.53. The Morgan fingerprint density at radius 3 is 2.86 bits per heavy atom. The third-order valence-corrected chi connectivity index (χ3v) is 5.71. The minimum Gasteiger partial charge on any atom is -0.310 e. The van der Waals surface area contributed by atoms with Crippen LogP contribution in [0.5, 0.6) is 0 Å². The van der Waals surface area contributed by atoms with Crippen LogP contribution in [0.4, 0.5) is 14.9 Å². The highest BCUT2D eigenvalue weighted by atomic mass is 19.1. The van der Waals surface area contributed by atoms with E-state index >= 15 is 0 Å². The van der Waals surface area contributed by atoms with Crippen LogP contribution in [0.3, 0.4) is 0 Å². The highest BCUT2D eigenvalue weighted by Gasteiger charge is 2.48. The summed E-state index contributed by atoms with van der Waals surface area (Å²) in [7, 11) is 0. The summed E-state index contributed by atoms with van der Waals surface area (Å²) in [6.45, 7) is 2.02. The average molecular weight is 376 g/mol. The largest absolute Gasteiger partial charge is 0.322 e. The fourth-order valence-electron chi connectivity index (χ4n) is 4.45. The Labute approximate surface area is 163 Å². The number of urea groups is 1. The molecule has 5 nitrogen and oxygen atoms in total. The van der Waals surface area contributed by atoms with Crippen LogP contribution in [-0.2, 0) is 0 Å². The number of pyridine rings is 2. The second kappa shape index (κ2) is 6.41. The van der Waals surface area contributed by atoms with Crippen molar-refractivity contribution in [1.29, 1.82) is 0 Å². The average Bonchev–Trinajstić information content (AvgIpc) is 3.28. The van der Waals surface area contributed by atoms with Gasteiger partial charge in [-0.3, -0.25) is 9.97 Å². The molecule has 3 aromatic rings. The zero-order valence-electron chi connectivity index (χ0n) is 15.4.